The maximum Gasteiger partial charge on any atom is 0.262 e. The molecule has 2 aromatic carbocycles. The van der Waals surface area contributed by atoms with Gasteiger partial charge in [0.1, 0.15) is 0 Å². The Hall–Kier alpha value is -3.00. The van der Waals surface area contributed by atoms with Crippen molar-refractivity contribution in [3.63, 3.8) is 0 Å². The fraction of sp³-hybridized carbons (Fsp3) is 0.318. The summed E-state index contributed by atoms with van der Waals surface area (Å²) < 4.78 is 39.2. The highest BCUT2D eigenvalue weighted by molar-refractivity contribution is 7.92. The summed E-state index contributed by atoms with van der Waals surface area (Å²) in [7, 11) is -3.79. The van der Waals surface area contributed by atoms with E-state index in [1.165, 1.54) is 12.1 Å². The molecule has 0 fully saturated rings. The van der Waals surface area contributed by atoms with Gasteiger partial charge in [0, 0.05) is 30.3 Å². The molecule has 1 amide bonds. The first-order chi connectivity index (χ1) is 14.5. The molecule has 0 spiro atoms. The normalized spacial score (nSPS) is 17.9. The Morgan fingerprint density at radius 3 is 2.47 bits per heavy atom. The lowest BCUT2D eigenvalue weighted by molar-refractivity contribution is -0.116. The van der Waals surface area contributed by atoms with Gasteiger partial charge in [-0.25, -0.2) is 8.42 Å². The lowest BCUT2D eigenvalue weighted by Crippen LogP contribution is -2.15. The molecule has 158 valence electrons. The number of nitrogens with one attached hydrogen (secondary N) is 2. The minimum Gasteiger partial charge on any atom is -0.490 e. The second kappa shape index (κ2) is 8.79. The molecule has 4 rings (SSSR count). The number of carbonyl (C=O) groups is 1. The number of hydrogen-bond donors (Lipinski definition) is 2. The SMILES string of the molecule is O=C(C[C@@H]1C=CCC1)Nc1ccc(NS(=O)(=O)c2ccc3c(c2)OCCCO3)cc1. The van der Waals surface area contributed by atoms with Gasteiger partial charge in [0.15, 0.2) is 11.5 Å². The van der Waals surface area contributed by atoms with Gasteiger partial charge < -0.3 is 14.8 Å². The summed E-state index contributed by atoms with van der Waals surface area (Å²) in [5.74, 6) is 1.21. The van der Waals surface area contributed by atoms with E-state index in [1.807, 2.05) is 0 Å². The third kappa shape index (κ3) is 4.94. The molecule has 0 unspecified atom stereocenters. The first-order valence-electron chi connectivity index (χ1n) is 9.99. The van der Waals surface area contributed by atoms with E-state index in [9.17, 15) is 13.2 Å². The van der Waals surface area contributed by atoms with Crippen LogP contribution < -0.4 is 19.5 Å². The van der Waals surface area contributed by atoms with Crippen LogP contribution in [0.25, 0.3) is 0 Å². The van der Waals surface area contributed by atoms with Crippen molar-refractivity contribution in [1.82, 2.24) is 0 Å². The fourth-order valence-corrected chi connectivity index (χ4v) is 4.54. The molecule has 2 N–H and O–H groups in total. The highest BCUT2D eigenvalue weighted by Crippen LogP contribution is 2.32. The van der Waals surface area contributed by atoms with Crippen LogP contribution in [0, 0.1) is 5.92 Å². The van der Waals surface area contributed by atoms with Crippen LogP contribution in [0.4, 0.5) is 11.4 Å². The van der Waals surface area contributed by atoms with Gasteiger partial charge in [0.05, 0.1) is 18.1 Å². The third-order valence-corrected chi connectivity index (χ3v) is 6.39. The number of fused-ring (bicyclic) bond motifs is 1. The molecule has 1 heterocycles. The van der Waals surface area contributed by atoms with Gasteiger partial charge in [-0.15, -0.1) is 0 Å². The number of ether oxygens (including phenoxy) is 2. The molecular weight excluding hydrogens is 404 g/mol. The minimum absolute atomic E-state index is 0.0490. The Balaban J connectivity index is 1.40. The van der Waals surface area contributed by atoms with Crippen LogP contribution in [-0.4, -0.2) is 27.5 Å². The lowest BCUT2D eigenvalue weighted by atomic mass is 10.1. The number of sulfonamides is 1. The van der Waals surface area contributed by atoms with E-state index < -0.39 is 10.0 Å². The Kier molecular flexibility index (Phi) is 5.94. The van der Waals surface area contributed by atoms with Gasteiger partial charge in [0.25, 0.3) is 10.0 Å². The Bertz CT molecular complexity index is 1050. The molecule has 2 aliphatic rings. The minimum atomic E-state index is -3.79. The van der Waals surface area contributed by atoms with Crippen LogP contribution in [0.15, 0.2) is 59.5 Å². The van der Waals surface area contributed by atoms with Crippen LogP contribution in [0.2, 0.25) is 0 Å². The Morgan fingerprint density at radius 1 is 1.00 bits per heavy atom. The smallest absolute Gasteiger partial charge is 0.262 e. The molecule has 1 aliphatic carbocycles. The van der Waals surface area contributed by atoms with Crippen LogP contribution in [0.3, 0.4) is 0 Å². The maximum atomic E-state index is 12.7. The van der Waals surface area contributed by atoms with Crippen molar-refractivity contribution >= 4 is 27.3 Å². The number of allylic oxidation sites excluding steroid dienone is 2. The first kappa shape index (κ1) is 20.3. The molecule has 30 heavy (non-hydrogen) atoms. The number of benzene rings is 2. The molecule has 0 aromatic heterocycles. The van der Waals surface area contributed by atoms with Gasteiger partial charge in [-0.05, 0) is 55.2 Å². The van der Waals surface area contributed by atoms with Crippen molar-refractivity contribution < 1.29 is 22.7 Å². The lowest BCUT2D eigenvalue weighted by Gasteiger charge is -2.12. The molecule has 7 nitrogen and oxygen atoms in total. The third-order valence-electron chi connectivity index (χ3n) is 5.01. The Morgan fingerprint density at radius 2 is 1.73 bits per heavy atom. The number of hydrogen-bond acceptors (Lipinski definition) is 5. The second-order valence-corrected chi connectivity index (χ2v) is 9.04. The van der Waals surface area contributed by atoms with Crippen LogP contribution in [0.1, 0.15) is 25.7 Å². The zero-order valence-corrected chi connectivity index (χ0v) is 17.3. The number of anilines is 2. The molecule has 1 aliphatic heterocycles. The van der Waals surface area contributed by atoms with E-state index in [1.54, 1.807) is 30.3 Å². The molecule has 2 aromatic rings. The first-order valence-corrected chi connectivity index (χ1v) is 11.5. The van der Waals surface area contributed by atoms with E-state index in [0.717, 1.165) is 19.3 Å². The summed E-state index contributed by atoms with van der Waals surface area (Å²) in [6.45, 7) is 1.02. The summed E-state index contributed by atoms with van der Waals surface area (Å²) in [6, 6.07) is 11.1. The van der Waals surface area contributed by atoms with Crippen LogP contribution >= 0.6 is 0 Å². The van der Waals surface area contributed by atoms with Crippen molar-refractivity contribution in [2.45, 2.75) is 30.6 Å². The van der Waals surface area contributed by atoms with E-state index >= 15 is 0 Å². The molecule has 0 radical (unpaired) electrons. The summed E-state index contributed by atoms with van der Waals surface area (Å²) in [6.07, 6.45) is 7.41. The van der Waals surface area contributed by atoms with Crippen molar-refractivity contribution in [2.75, 3.05) is 23.3 Å². The second-order valence-electron chi connectivity index (χ2n) is 7.36. The molecule has 0 saturated heterocycles. The molecule has 0 bridgehead atoms. The van der Waals surface area contributed by atoms with E-state index in [-0.39, 0.29) is 10.8 Å². The summed E-state index contributed by atoms with van der Waals surface area (Å²) in [4.78, 5) is 12.2. The highest BCUT2D eigenvalue weighted by atomic mass is 32.2. The van der Waals surface area contributed by atoms with Crippen molar-refractivity contribution in [3.8, 4) is 11.5 Å². The summed E-state index contributed by atoms with van der Waals surface area (Å²) in [5.41, 5.74) is 1.03. The molecule has 8 heteroatoms. The van der Waals surface area contributed by atoms with E-state index in [0.29, 0.717) is 48.4 Å². The topological polar surface area (TPSA) is 93.7 Å². The van der Waals surface area contributed by atoms with Crippen molar-refractivity contribution in [2.24, 2.45) is 5.92 Å². The molecular formula is C22H24N2O5S. The van der Waals surface area contributed by atoms with Gasteiger partial charge in [-0.1, -0.05) is 12.2 Å². The van der Waals surface area contributed by atoms with Crippen molar-refractivity contribution in [1.29, 1.82) is 0 Å². The van der Waals surface area contributed by atoms with Gasteiger partial charge >= 0.3 is 0 Å². The molecule has 1 atom stereocenters. The molecule has 0 saturated carbocycles. The largest absolute Gasteiger partial charge is 0.490 e. The quantitative estimate of drug-likeness (QED) is 0.680. The highest BCUT2D eigenvalue weighted by Gasteiger charge is 2.19. The average molecular weight is 429 g/mol. The zero-order chi connectivity index (χ0) is 21.0. The predicted molar refractivity (Wildman–Crippen MR) is 114 cm³/mol. The van der Waals surface area contributed by atoms with Crippen LogP contribution in [0.5, 0.6) is 11.5 Å². The zero-order valence-electron chi connectivity index (χ0n) is 16.5. The van der Waals surface area contributed by atoms with E-state index in [2.05, 4.69) is 22.2 Å². The van der Waals surface area contributed by atoms with Gasteiger partial charge in [-0.2, -0.15) is 0 Å². The maximum absolute atomic E-state index is 12.7. The number of rotatable bonds is 6. The standard InChI is InChI=1S/C22H24N2O5S/c25-22(14-16-4-1-2-5-16)23-17-6-8-18(9-7-17)24-30(26,27)19-10-11-20-21(15-19)29-13-3-12-28-20/h1,4,6-11,15-16,24H,2-3,5,12-14H2,(H,23,25)/t16-/m1/s1. The monoisotopic (exact) mass is 428 g/mol. The number of carbonyl (C=O) groups excluding carboxylic acids is 1. The van der Waals surface area contributed by atoms with Gasteiger partial charge in [0.2, 0.25) is 5.91 Å². The predicted octanol–water partition coefficient (Wildman–Crippen LogP) is 3.94. The van der Waals surface area contributed by atoms with Crippen LogP contribution in [-0.2, 0) is 14.8 Å². The summed E-state index contributed by atoms with van der Waals surface area (Å²) in [5, 5.41) is 2.85. The fourth-order valence-electron chi connectivity index (χ4n) is 3.46. The average Bonchev–Trinajstić information content (AvgIpc) is 3.11. The van der Waals surface area contributed by atoms with E-state index in [4.69, 9.17) is 9.47 Å². The van der Waals surface area contributed by atoms with Crippen molar-refractivity contribution in [3.05, 3.63) is 54.6 Å². The van der Waals surface area contributed by atoms with Gasteiger partial charge in [-0.3, -0.25) is 9.52 Å². The number of amides is 1. The summed E-state index contributed by atoms with van der Waals surface area (Å²) >= 11 is 0. The Labute approximate surface area is 176 Å².